The van der Waals surface area contributed by atoms with E-state index in [0.29, 0.717) is 6.61 Å². The molecule has 2 aromatic carbocycles. The number of aryl methyl sites for hydroxylation is 1. The van der Waals surface area contributed by atoms with Crippen molar-refractivity contribution in [3.8, 4) is 5.75 Å². The Kier molecular flexibility index (Phi) is 5.66. The highest BCUT2D eigenvalue weighted by Crippen LogP contribution is 2.26. The van der Waals surface area contributed by atoms with E-state index in [-0.39, 0.29) is 6.04 Å². The largest absolute Gasteiger partial charge is 0.489 e. The molecule has 0 heterocycles. The van der Waals surface area contributed by atoms with Gasteiger partial charge in [0.1, 0.15) is 12.4 Å². The van der Waals surface area contributed by atoms with Gasteiger partial charge in [-0.2, -0.15) is 0 Å². The van der Waals surface area contributed by atoms with Crippen molar-refractivity contribution in [2.75, 3.05) is 6.54 Å². The zero-order valence-electron chi connectivity index (χ0n) is 12.8. The third-order valence-corrected chi connectivity index (χ3v) is 3.84. The Bertz CT molecular complexity index is 598. The maximum Gasteiger partial charge on any atom is 0.124 e. The van der Waals surface area contributed by atoms with Gasteiger partial charge in [0.05, 0.1) is 0 Å². The number of hydrogen-bond donors (Lipinski definition) is 1. The van der Waals surface area contributed by atoms with Crippen LogP contribution in [0.1, 0.15) is 36.6 Å². The van der Waals surface area contributed by atoms with Gasteiger partial charge in [0.15, 0.2) is 0 Å². The lowest BCUT2D eigenvalue weighted by Gasteiger charge is -2.18. The molecule has 1 atom stereocenters. The first-order valence-electron chi connectivity index (χ1n) is 7.32. The second kappa shape index (κ2) is 7.48. The summed E-state index contributed by atoms with van der Waals surface area (Å²) < 4.78 is 5.99. The second-order valence-electron chi connectivity index (χ2n) is 5.20. The SMILES string of the molecule is CCNC(C)c1ccccc1OCc1ccc(C)cc1Cl. The standard InChI is InChI=1S/C18H22ClNO/c1-4-20-14(3)16-7-5-6-8-18(16)21-12-15-10-9-13(2)11-17(15)19/h5-11,14,20H,4,12H2,1-3H3. The Morgan fingerprint density at radius 3 is 2.67 bits per heavy atom. The fourth-order valence-corrected chi connectivity index (χ4v) is 2.60. The average Bonchev–Trinajstić information content (AvgIpc) is 2.47. The van der Waals surface area contributed by atoms with Crippen molar-refractivity contribution in [1.82, 2.24) is 5.32 Å². The first kappa shape index (κ1) is 15.9. The highest BCUT2D eigenvalue weighted by Gasteiger charge is 2.10. The van der Waals surface area contributed by atoms with Gasteiger partial charge in [0, 0.05) is 22.2 Å². The Hall–Kier alpha value is -1.51. The molecular weight excluding hydrogens is 282 g/mol. The van der Waals surface area contributed by atoms with Crippen LogP contribution >= 0.6 is 11.6 Å². The average molecular weight is 304 g/mol. The Balaban J connectivity index is 2.13. The van der Waals surface area contributed by atoms with Crippen molar-refractivity contribution in [3.63, 3.8) is 0 Å². The molecular formula is C18H22ClNO. The highest BCUT2D eigenvalue weighted by molar-refractivity contribution is 6.31. The van der Waals surface area contributed by atoms with Crippen molar-refractivity contribution < 1.29 is 4.74 Å². The minimum Gasteiger partial charge on any atom is -0.489 e. The molecule has 0 aliphatic heterocycles. The minimum atomic E-state index is 0.264. The van der Waals surface area contributed by atoms with Crippen LogP contribution in [0.3, 0.4) is 0 Å². The Morgan fingerprint density at radius 1 is 1.19 bits per heavy atom. The maximum absolute atomic E-state index is 6.26. The molecule has 0 aliphatic rings. The predicted octanol–water partition coefficient (Wildman–Crippen LogP) is 4.90. The number of benzene rings is 2. The number of halogens is 1. The van der Waals surface area contributed by atoms with E-state index in [9.17, 15) is 0 Å². The summed E-state index contributed by atoms with van der Waals surface area (Å²) in [6, 6.07) is 14.4. The van der Waals surface area contributed by atoms with E-state index in [1.54, 1.807) is 0 Å². The predicted molar refractivity (Wildman–Crippen MR) is 89.1 cm³/mol. The van der Waals surface area contributed by atoms with E-state index >= 15 is 0 Å². The van der Waals surface area contributed by atoms with Gasteiger partial charge in [-0.25, -0.2) is 0 Å². The zero-order chi connectivity index (χ0) is 15.2. The molecule has 0 saturated heterocycles. The zero-order valence-corrected chi connectivity index (χ0v) is 13.6. The van der Waals surface area contributed by atoms with Gasteiger partial charge >= 0.3 is 0 Å². The smallest absolute Gasteiger partial charge is 0.124 e. The lowest BCUT2D eigenvalue weighted by molar-refractivity contribution is 0.300. The summed E-state index contributed by atoms with van der Waals surface area (Å²) in [6.07, 6.45) is 0. The van der Waals surface area contributed by atoms with Gasteiger partial charge < -0.3 is 10.1 Å². The number of nitrogens with one attached hydrogen (secondary N) is 1. The summed E-state index contributed by atoms with van der Waals surface area (Å²) in [4.78, 5) is 0. The quantitative estimate of drug-likeness (QED) is 0.819. The van der Waals surface area contributed by atoms with E-state index in [2.05, 4.69) is 31.3 Å². The summed E-state index contributed by atoms with van der Waals surface area (Å²) in [5.74, 6) is 0.905. The van der Waals surface area contributed by atoms with E-state index in [1.165, 1.54) is 5.56 Å². The number of rotatable bonds is 6. The highest BCUT2D eigenvalue weighted by atomic mass is 35.5. The van der Waals surface area contributed by atoms with Gasteiger partial charge in [-0.05, 0) is 38.1 Å². The van der Waals surface area contributed by atoms with Crippen LogP contribution in [0.2, 0.25) is 5.02 Å². The first-order valence-corrected chi connectivity index (χ1v) is 7.69. The molecule has 1 N–H and O–H groups in total. The van der Waals surface area contributed by atoms with Gasteiger partial charge in [-0.3, -0.25) is 0 Å². The number of hydrogen-bond acceptors (Lipinski definition) is 2. The molecule has 0 aliphatic carbocycles. The van der Waals surface area contributed by atoms with Crippen LogP contribution < -0.4 is 10.1 Å². The van der Waals surface area contributed by atoms with Crippen LogP contribution in [0.25, 0.3) is 0 Å². The molecule has 1 unspecified atom stereocenters. The van der Waals surface area contributed by atoms with Crippen molar-refractivity contribution in [3.05, 3.63) is 64.2 Å². The number of para-hydroxylation sites is 1. The second-order valence-corrected chi connectivity index (χ2v) is 5.61. The lowest BCUT2D eigenvalue weighted by Crippen LogP contribution is -2.18. The topological polar surface area (TPSA) is 21.3 Å². The molecule has 0 spiro atoms. The van der Waals surface area contributed by atoms with Crippen LogP contribution in [-0.4, -0.2) is 6.54 Å². The molecule has 2 aromatic rings. The summed E-state index contributed by atoms with van der Waals surface area (Å²) in [5.41, 5.74) is 3.33. The van der Waals surface area contributed by atoms with Crippen LogP contribution in [-0.2, 0) is 6.61 Å². The summed E-state index contributed by atoms with van der Waals surface area (Å²) in [5, 5.41) is 4.17. The van der Waals surface area contributed by atoms with Crippen LogP contribution in [0.15, 0.2) is 42.5 Å². The van der Waals surface area contributed by atoms with Crippen molar-refractivity contribution in [2.24, 2.45) is 0 Å². The summed E-state index contributed by atoms with van der Waals surface area (Å²) in [6.45, 7) is 7.69. The molecule has 2 nitrogen and oxygen atoms in total. The van der Waals surface area contributed by atoms with Crippen LogP contribution in [0, 0.1) is 6.92 Å². The van der Waals surface area contributed by atoms with Crippen LogP contribution in [0.4, 0.5) is 0 Å². The molecule has 112 valence electrons. The summed E-state index contributed by atoms with van der Waals surface area (Å²) in [7, 11) is 0. The molecule has 0 aromatic heterocycles. The van der Waals surface area contributed by atoms with Gasteiger partial charge in [0.2, 0.25) is 0 Å². The van der Waals surface area contributed by atoms with E-state index in [4.69, 9.17) is 16.3 Å². The van der Waals surface area contributed by atoms with E-state index in [0.717, 1.165) is 28.4 Å². The Labute approximate surface area is 132 Å². The van der Waals surface area contributed by atoms with Crippen molar-refractivity contribution in [1.29, 1.82) is 0 Å². The number of ether oxygens (including phenoxy) is 1. The molecule has 2 rings (SSSR count). The third kappa shape index (κ3) is 4.23. The molecule has 0 radical (unpaired) electrons. The molecule has 21 heavy (non-hydrogen) atoms. The molecule has 0 amide bonds. The molecule has 0 bridgehead atoms. The van der Waals surface area contributed by atoms with Crippen molar-refractivity contribution >= 4 is 11.6 Å². The monoisotopic (exact) mass is 303 g/mol. The maximum atomic E-state index is 6.26. The molecule has 0 saturated carbocycles. The first-order chi connectivity index (χ1) is 10.1. The Morgan fingerprint density at radius 2 is 1.95 bits per heavy atom. The third-order valence-electron chi connectivity index (χ3n) is 3.49. The van der Waals surface area contributed by atoms with Crippen molar-refractivity contribution in [2.45, 2.75) is 33.4 Å². The van der Waals surface area contributed by atoms with Gasteiger partial charge in [-0.15, -0.1) is 0 Å². The molecule has 3 heteroatoms. The van der Waals surface area contributed by atoms with E-state index in [1.807, 2.05) is 37.3 Å². The fraction of sp³-hybridized carbons (Fsp3) is 0.333. The van der Waals surface area contributed by atoms with E-state index < -0.39 is 0 Å². The minimum absolute atomic E-state index is 0.264. The van der Waals surface area contributed by atoms with Gasteiger partial charge in [0.25, 0.3) is 0 Å². The summed E-state index contributed by atoms with van der Waals surface area (Å²) >= 11 is 6.26. The normalized spacial score (nSPS) is 12.2. The van der Waals surface area contributed by atoms with Crippen LogP contribution in [0.5, 0.6) is 5.75 Å². The fourth-order valence-electron chi connectivity index (χ4n) is 2.31. The van der Waals surface area contributed by atoms with Gasteiger partial charge in [-0.1, -0.05) is 48.9 Å². The molecule has 0 fully saturated rings. The lowest BCUT2D eigenvalue weighted by atomic mass is 10.1.